The van der Waals surface area contributed by atoms with Crippen molar-refractivity contribution in [1.29, 1.82) is 0 Å². The van der Waals surface area contributed by atoms with Crippen LogP contribution in [-0.2, 0) is 19.9 Å². The highest BCUT2D eigenvalue weighted by Gasteiger charge is 2.07. The molecule has 0 saturated carbocycles. The zero-order valence-corrected chi connectivity index (χ0v) is 11.4. The number of hydrogen-bond donors (Lipinski definition) is 1. The topological polar surface area (TPSA) is 43.8 Å². The Morgan fingerprint density at radius 3 is 2.72 bits per heavy atom. The Labute approximate surface area is 109 Å². The number of hydrogen-bond acceptors (Lipinski definition) is 2. The van der Waals surface area contributed by atoms with Gasteiger partial charge >= 0.3 is 0 Å². The predicted octanol–water partition coefficient (Wildman–Crippen LogP) is 2.13. The van der Waals surface area contributed by atoms with Gasteiger partial charge in [-0.2, -0.15) is 0 Å². The van der Waals surface area contributed by atoms with Crippen molar-refractivity contribution in [2.45, 2.75) is 26.7 Å². The fourth-order valence-electron chi connectivity index (χ4n) is 2.22. The van der Waals surface area contributed by atoms with Crippen LogP contribution in [0.25, 0.3) is 0 Å². The molecule has 0 radical (unpaired) electrons. The Bertz CT molecular complexity index is 541. The van der Waals surface area contributed by atoms with E-state index in [2.05, 4.69) is 47.8 Å². The van der Waals surface area contributed by atoms with Gasteiger partial charge in [0.15, 0.2) is 0 Å². The molecule has 0 amide bonds. The standard InChI is InChI=1S/C15H21N3/c1-11-4-5-13(12(2)8-11)9-15-17-14(6-7-16)10-18(15)3/h4-5,8,10H,6-7,9,16H2,1-3H3. The highest BCUT2D eigenvalue weighted by atomic mass is 15.0. The molecule has 1 aromatic carbocycles. The molecule has 0 aliphatic rings. The average molecular weight is 243 g/mol. The molecule has 0 aliphatic heterocycles. The summed E-state index contributed by atoms with van der Waals surface area (Å²) in [6.07, 6.45) is 3.81. The van der Waals surface area contributed by atoms with Gasteiger partial charge in [0.25, 0.3) is 0 Å². The molecule has 0 spiro atoms. The molecule has 0 bridgehead atoms. The van der Waals surface area contributed by atoms with Gasteiger partial charge in [-0.25, -0.2) is 4.98 Å². The van der Waals surface area contributed by atoms with E-state index < -0.39 is 0 Å². The van der Waals surface area contributed by atoms with Gasteiger partial charge in [0, 0.05) is 26.1 Å². The zero-order valence-electron chi connectivity index (χ0n) is 11.4. The van der Waals surface area contributed by atoms with Gasteiger partial charge in [-0.3, -0.25) is 0 Å². The van der Waals surface area contributed by atoms with Crippen molar-refractivity contribution in [2.75, 3.05) is 6.54 Å². The highest BCUT2D eigenvalue weighted by Crippen LogP contribution is 2.15. The number of nitrogens with zero attached hydrogens (tertiary/aromatic N) is 2. The first-order chi connectivity index (χ1) is 8.60. The molecule has 0 fully saturated rings. The predicted molar refractivity (Wildman–Crippen MR) is 74.7 cm³/mol. The lowest BCUT2D eigenvalue weighted by molar-refractivity contribution is 0.819. The summed E-state index contributed by atoms with van der Waals surface area (Å²) in [7, 11) is 2.05. The number of benzene rings is 1. The normalized spacial score (nSPS) is 10.9. The van der Waals surface area contributed by atoms with Crippen LogP contribution in [0.2, 0.25) is 0 Å². The summed E-state index contributed by atoms with van der Waals surface area (Å²) < 4.78 is 2.10. The zero-order chi connectivity index (χ0) is 13.1. The minimum Gasteiger partial charge on any atom is -0.337 e. The van der Waals surface area contributed by atoms with Crippen LogP contribution in [0, 0.1) is 13.8 Å². The van der Waals surface area contributed by atoms with E-state index in [1.807, 2.05) is 7.05 Å². The molecule has 0 unspecified atom stereocenters. The number of imidazole rings is 1. The Kier molecular flexibility index (Phi) is 3.82. The Hall–Kier alpha value is -1.61. The summed E-state index contributed by atoms with van der Waals surface area (Å²) in [5, 5.41) is 0. The van der Waals surface area contributed by atoms with E-state index >= 15 is 0 Å². The maximum atomic E-state index is 5.56. The number of aryl methyl sites for hydroxylation is 3. The Balaban J connectivity index is 2.22. The second-order valence-corrected chi connectivity index (χ2v) is 4.90. The first-order valence-electron chi connectivity index (χ1n) is 6.37. The van der Waals surface area contributed by atoms with Gasteiger partial charge in [-0.15, -0.1) is 0 Å². The second kappa shape index (κ2) is 5.36. The largest absolute Gasteiger partial charge is 0.337 e. The van der Waals surface area contributed by atoms with Gasteiger partial charge in [0.05, 0.1) is 5.69 Å². The highest BCUT2D eigenvalue weighted by molar-refractivity contribution is 5.32. The molecule has 18 heavy (non-hydrogen) atoms. The number of rotatable bonds is 4. The lowest BCUT2D eigenvalue weighted by Gasteiger charge is -2.06. The maximum Gasteiger partial charge on any atom is 0.113 e. The van der Waals surface area contributed by atoms with Crippen LogP contribution in [0.3, 0.4) is 0 Å². The summed E-state index contributed by atoms with van der Waals surface area (Å²) in [5.41, 5.74) is 10.6. The third-order valence-electron chi connectivity index (χ3n) is 3.27. The van der Waals surface area contributed by atoms with Gasteiger partial charge < -0.3 is 10.3 Å². The molecule has 0 saturated heterocycles. The monoisotopic (exact) mass is 243 g/mol. The van der Waals surface area contributed by atoms with E-state index in [-0.39, 0.29) is 0 Å². The van der Waals surface area contributed by atoms with E-state index in [9.17, 15) is 0 Å². The van der Waals surface area contributed by atoms with Crippen molar-refractivity contribution < 1.29 is 0 Å². The molecule has 2 aromatic rings. The molecule has 2 rings (SSSR count). The van der Waals surface area contributed by atoms with Crippen molar-refractivity contribution in [3.05, 3.63) is 52.6 Å². The third kappa shape index (κ3) is 2.79. The van der Waals surface area contributed by atoms with Crippen LogP contribution in [0.1, 0.15) is 28.2 Å². The first kappa shape index (κ1) is 12.8. The molecule has 2 N–H and O–H groups in total. The summed E-state index contributed by atoms with van der Waals surface area (Å²) in [5.74, 6) is 1.10. The summed E-state index contributed by atoms with van der Waals surface area (Å²) in [6.45, 7) is 4.93. The van der Waals surface area contributed by atoms with E-state index in [0.29, 0.717) is 6.54 Å². The van der Waals surface area contributed by atoms with Crippen LogP contribution in [0.5, 0.6) is 0 Å². The van der Waals surface area contributed by atoms with E-state index in [1.165, 1.54) is 16.7 Å². The second-order valence-electron chi connectivity index (χ2n) is 4.90. The van der Waals surface area contributed by atoms with Crippen LogP contribution in [-0.4, -0.2) is 16.1 Å². The average Bonchev–Trinajstić information content (AvgIpc) is 2.64. The van der Waals surface area contributed by atoms with Crippen LogP contribution in [0.4, 0.5) is 0 Å². The summed E-state index contributed by atoms with van der Waals surface area (Å²) >= 11 is 0. The van der Waals surface area contributed by atoms with Gasteiger partial charge in [0.2, 0.25) is 0 Å². The van der Waals surface area contributed by atoms with Gasteiger partial charge in [0.1, 0.15) is 5.82 Å². The Morgan fingerprint density at radius 1 is 1.28 bits per heavy atom. The lowest BCUT2D eigenvalue weighted by Crippen LogP contribution is -2.03. The molecular formula is C15H21N3. The molecule has 1 heterocycles. The fraction of sp³-hybridized carbons (Fsp3) is 0.400. The molecule has 1 aromatic heterocycles. The minimum absolute atomic E-state index is 0.653. The summed E-state index contributed by atoms with van der Waals surface area (Å²) in [6, 6.07) is 6.58. The van der Waals surface area contributed by atoms with Gasteiger partial charge in [-0.05, 0) is 31.5 Å². The summed E-state index contributed by atoms with van der Waals surface area (Å²) in [4.78, 5) is 4.64. The smallest absolute Gasteiger partial charge is 0.113 e. The van der Waals surface area contributed by atoms with Gasteiger partial charge in [-0.1, -0.05) is 23.8 Å². The minimum atomic E-state index is 0.653. The SMILES string of the molecule is Cc1ccc(Cc2nc(CCN)cn2C)c(C)c1. The van der Waals surface area contributed by atoms with E-state index in [1.54, 1.807) is 0 Å². The van der Waals surface area contributed by atoms with Crippen molar-refractivity contribution in [3.8, 4) is 0 Å². The fourth-order valence-corrected chi connectivity index (χ4v) is 2.22. The molecule has 3 heteroatoms. The molecule has 3 nitrogen and oxygen atoms in total. The van der Waals surface area contributed by atoms with Crippen LogP contribution < -0.4 is 5.73 Å². The maximum absolute atomic E-state index is 5.56. The molecular weight excluding hydrogens is 222 g/mol. The van der Waals surface area contributed by atoms with E-state index in [0.717, 1.165) is 24.4 Å². The lowest BCUT2D eigenvalue weighted by atomic mass is 10.0. The van der Waals surface area contributed by atoms with Crippen molar-refractivity contribution in [2.24, 2.45) is 12.8 Å². The molecule has 0 atom stereocenters. The van der Waals surface area contributed by atoms with E-state index in [4.69, 9.17) is 5.73 Å². The molecule has 96 valence electrons. The van der Waals surface area contributed by atoms with Crippen molar-refractivity contribution >= 4 is 0 Å². The number of nitrogens with two attached hydrogens (primary N) is 1. The van der Waals surface area contributed by atoms with Crippen molar-refractivity contribution in [1.82, 2.24) is 9.55 Å². The van der Waals surface area contributed by atoms with Crippen LogP contribution >= 0.6 is 0 Å². The quantitative estimate of drug-likeness (QED) is 0.894. The van der Waals surface area contributed by atoms with Crippen molar-refractivity contribution in [3.63, 3.8) is 0 Å². The van der Waals surface area contributed by atoms with Crippen LogP contribution in [0.15, 0.2) is 24.4 Å². The molecule has 0 aliphatic carbocycles. The first-order valence-corrected chi connectivity index (χ1v) is 6.37. The number of aromatic nitrogens is 2. The Morgan fingerprint density at radius 2 is 2.06 bits per heavy atom. The third-order valence-corrected chi connectivity index (χ3v) is 3.27.